The van der Waals surface area contributed by atoms with Crippen molar-refractivity contribution in [3.05, 3.63) is 35.9 Å². The van der Waals surface area contributed by atoms with Crippen molar-refractivity contribution in [2.75, 3.05) is 11.9 Å². The van der Waals surface area contributed by atoms with Gasteiger partial charge in [-0.25, -0.2) is 9.59 Å². The minimum absolute atomic E-state index is 0.0798. The summed E-state index contributed by atoms with van der Waals surface area (Å²) in [6, 6.07) is 7.27. The normalized spacial score (nSPS) is 18.4. The van der Waals surface area contributed by atoms with Gasteiger partial charge in [0.05, 0.1) is 0 Å². The van der Waals surface area contributed by atoms with Crippen LogP contribution in [0, 0.1) is 0 Å². The first-order chi connectivity index (χ1) is 9.56. The summed E-state index contributed by atoms with van der Waals surface area (Å²) in [5.41, 5.74) is 1.49. The molecule has 5 heteroatoms. The SMILES string of the molecule is CC1CCCN1C(=O)Nc1ccc(C=CC(=O)O)cc1. The predicted molar refractivity (Wildman–Crippen MR) is 77.5 cm³/mol. The lowest BCUT2D eigenvalue weighted by atomic mass is 10.2. The van der Waals surface area contributed by atoms with Gasteiger partial charge in [0.1, 0.15) is 0 Å². The van der Waals surface area contributed by atoms with E-state index >= 15 is 0 Å². The summed E-state index contributed by atoms with van der Waals surface area (Å²) in [6.45, 7) is 2.85. The quantitative estimate of drug-likeness (QED) is 0.833. The van der Waals surface area contributed by atoms with E-state index in [9.17, 15) is 9.59 Å². The van der Waals surface area contributed by atoms with Crippen LogP contribution in [-0.2, 0) is 4.79 Å². The van der Waals surface area contributed by atoms with Crippen molar-refractivity contribution in [1.82, 2.24) is 4.90 Å². The highest BCUT2D eigenvalue weighted by Gasteiger charge is 2.24. The summed E-state index contributed by atoms with van der Waals surface area (Å²) in [5.74, 6) is -0.981. The number of anilines is 1. The molecule has 2 amide bonds. The van der Waals surface area contributed by atoms with Crippen LogP contribution in [0.5, 0.6) is 0 Å². The van der Waals surface area contributed by atoms with Gasteiger partial charge in [0.25, 0.3) is 0 Å². The number of likely N-dealkylation sites (tertiary alicyclic amines) is 1. The van der Waals surface area contributed by atoms with Crippen molar-refractivity contribution in [2.24, 2.45) is 0 Å². The van der Waals surface area contributed by atoms with Gasteiger partial charge >= 0.3 is 12.0 Å². The lowest BCUT2D eigenvalue weighted by Gasteiger charge is -2.21. The molecule has 0 spiro atoms. The first kappa shape index (κ1) is 14.1. The van der Waals surface area contributed by atoms with Crippen molar-refractivity contribution in [2.45, 2.75) is 25.8 Å². The van der Waals surface area contributed by atoms with Crippen LogP contribution in [-0.4, -0.2) is 34.6 Å². The Labute approximate surface area is 117 Å². The lowest BCUT2D eigenvalue weighted by Crippen LogP contribution is -2.37. The summed E-state index contributed by atoms with van der Waals surface area (Å²) < 4.78 is 0. The summed E-state index contributed by atoms with van der Waals surface area (Å²) in [7, 11) is 0. The Kier molecular flexibility index (Phi) is 4.40. The maximum atomic E-state index is 12.0. The van der Waals surface area contributed by atoms with Crippen molar-refractivity contribution >= 4 is 23.8 Å². The fourth-order valence-electron chi connectivity index (χ4n) is 2.28. The van der Waals surface area contributed by atoms with Gasteiger partial charge in [0.2, 0.25) is 0 Å². The Hall–Kier alpha value is -2.30. The molecule has 1 saturated heterocycles. The monoisotopic (exact) mass is 274 g/mol. The molecule has 0 aliphatic carbocycles. The molecule has 1 aliphatic rings. The Balaban J connectivity index is 1.96. The minimum Gasteiger partial charge on any atom is -0.478 e. The number of hydrogen-bond donors (Lipinski definition) is 2. The number of carbonyl (C=O) groups is 2. The van der Waals surface area contributed by atoms with E-state index in [0.717, 1.165) is 31.0 Å². The third kappa shape index (κ3) is 3.60. The van der Waals surface area contributed by atoms with Gasteiger partial charge < -0.3 is 15.3 Å². The Morgan fingerprint density at radius 1 is 1.35 bits per heavy atom. The van der Waals surface area contributed by atoms with E-state index in [1.54, 1.807) is 24.3 Å². The van der Waals surface area contributed by atoms with Gasteiger partial charge in [-0.2, -0.15) is 0 Å². The molecule has 1 heterocycles. The molecule has 1 aromatic rings. The van der Waals surface area contributed by atoms with Gasteiger partial charge in [0, 0.05) is 24.4 Å². The molecule has 0 saturated carbocycles. The molecule has 106 valence electrons. The zero-order valence-corrected chi connectivity index (χ0v) is 11.4. The third-order valence-electron chi connectivity index (χ3n) is 3.39. The summed E-state index contributed by atoms with van der Waals surface area (Å²) in [6.07, 6.45) is 4.69. The molecule has 0 radical (unpaired) electrons. The van der Waals surface area contributed by atoms with Gasteiger partial charge in [-0.05, 0) is 43.5 Å². The zero-order valence-electron chi connectivity index (χ0n) is 11.4. The molecule has 1 unspecified atom stereocenters. The highest BCUT2D eigenvalue weighted by Crippen LogP contribution is 2.18. The van der Waals surface area contributed by atoms with Crippen LogP contribution in [0.25, 0.3) is 6.08 Å². The maximum Gasteiger partial charge on any atom is 0.328 e. The van der Waals surface area contributed by atoms with Gasteiger partial charge in [-0.15, -0.1) is 0 Å². The third-order valence-corrected chi connectivity index (χ3v) is 3.39. The molecular formula is C15H18N2O3. The van der Waals surface area contributed by atoms with E-state index in [2.05, 4.69) is 5.32 Å². The lowest BCUT2D eigenvalue weighted by molar-refractivity contribution is -0.131. The fourth-order valence-corrected chi connectivity index (χ4v) is 2.28. The molecule has 20 heavy (non-hydrogen) atoms. The predicted octanol–water partition coefficient (Wildman–Crippen LogP) is 2.80. The van der Waals surface area contributed by atoms with E-state index in [0.29, 0.717) is 5.69 Å². The first-order valence-corrected chi connectivity index (χ1v) is 6.65. The molecule has 1 fully saturated rings. The van der Waals surface area contributed by atoms with Crippen molar-refractivity contribution in [3.8, 4) is 0 Å². The number of amides is 2. The van der Waals surface area contributed by atoms with Gasteiger partial charge in [-0.1, -0.05) is 12.1 Å². The van der Waals surface area contributed by atoms with Crippen LogP contribution in [0.15, 0.2) is 30.3 Å². The molecule has 1 aromatic carbocycles. The van der Waals surface area contributed by atoms with Crippen molar-refractivity contribution < 1.29 is 14.7 Å². The van der Waals surface area contributed by atoms with Crippen LogP contribution >= 0.6 is 0 Å². The number of aliphatic carboxylic acids is 1. The van der Waals surface area contributed by atoms with Crippen molar-refractivity contribution in [1.29, 1.82) is 0 Å². The number of carboxylic acids is 1. The van der Waals surface area contributed by atoms with Gasteiger partial charge in [-0.3, -0.25) is 0 Å². The van der Waals surface area contributed by atoms with Crippen LogP contribution in [0.4, 0.5) is 10.5 Å². The second kappa shape index (κ2) is 6.23. The van der Waals surface area contributed by atoms with E-state index in [4.69, 9.17) is 5.11 Å². The fraction of sp³-hybridized carbons (Fsp3) is 0.333. The van der Waals surface area contributed by atoms with E-state index < -0.39 is 5.97 Å². The molecule has 2 N–H and O–H groups in total. The largest absolute Gasteiger partial charge is 0.478 e. The Bertz CT molecular complexity index is 522. The molecule has 0 aromatic heterocycles. The first-order valence-electron chi connectivity index (χ1n) is 6.65. The number of urea groups is 1. The molecule has 5 nitrogen and oxygen atoms in total. The van der Waals surface area contributed by atoms with Gasteiger partial charge in [0.15, 0.2) is 0 Å². The van der Waals surface area contributed by atoms with E-state index in [1.807, 2.05) is 11.8 Å². The van der Waals surface area contributed by atoms with Crippen LogP contribution < -0.4 is 5.32 Å². The average Bonchev–Trinajstić information content (AvgIpc) is 2.84. The van der Waals surface area contributed by atoms with Crippen molar-refractivity contribution in [3.63, 3.8) is 0 Å². The number of carbonyl (C=O) groups excluding carboxylic acids is 1. The van der Waals surface area contributed by atoms with Crippen LogP contribution in [0.1, 0.15) is 25.3 Å². The molecule has 1 aliphatic heterocycles. The summed E-state index contributed by atoms with van der Waals surface area (Å²) >= 11 is 0. The highest BCUT2D eigenvalue weighted by molar-refractivity contribution is 5.90. The standard InChI is InChI=1S/C15H18N2O3/c1-11-3-2-10-17(11)15(20)16-13-7-4-12(5-8-13)6-9-14(18)19/h4-9,11H,2-3,10H2,1H3,(H,16,20)(H,18,19). The smallest absolute Gasteiger partial charge is 0.328 e. The molecule has 2 rings (SSSR count). The summed E-state index contributed by atoms with van der Waals surface area (Å²) in [5, 5.41) is 11.4. The average molecular weight is 274 g/mol. The molecule has 1 atom stereocenters. The highest BCUT2D eigenvalue weighted by atomic mass is 16.4. The Morgan fingerprint density at radius 3 is 2.60 bits per heavy atom. The second-order valence-corrected chi connectivity index (χ2v) is 4.91. The maximum absolute atomic E-state index is 12.0. The van der Waals surface area contributed by atoms with Crippen LogP contribution in [0.2, 0.25) is 0 Å². The number of nitrogens with zero attached hydrogens (tertiary/aromatic N) is 1. The number of rotatable bonds is 3. The molecular weight excluding hydrogens is 256 g/mol. The number of nitrogens with one attached hydrogen (secondary N) is 1. The Morgan fingerprint density at radius 2 is 2.05 bits per heavy atom. The van der Waals surface area contributed by atoms with Crippen LogP contribution in [0.3, 0.4) is 0 Å². The number of benzene rings is 1. The van der Waals surface area contributed by atoms with E-state index in [1.165, 1.54) is 6.08 Å². The number of hydrogen-bond acceptors (Lipinski definition) is 2. The zero-order chi connectivity index (χ0) is 14.5. The minimum atomic E-state index is -0.981. The number of carboxylic acid groups (broad SMARTS) is 1. The topological polar surface area (TPSA) is 69.6 Å². The second-order valence-electron chi connectivity index (χ2n) is 4.91. The summed E-state index contributed by atoms with van der Waals surface area (Å²) in [4.78, 5) is 24.3. The van der Waals surface area contributed by atoms with E-state index in [-0.39, 0.29) is 12.1 Å². The molecule has 0 bridgehead atoms.